The van der Waals surface area contributed by atoms with Gasteiger partial charge >= 0.3 is 6.18 Å². The third-order valence-electron chi connectivity index (χ3n) is 3.31. The van der Waals surface area contributed by atoms with Gasteiger partial charge in [-0.15, -0.1) is 0 Å². The molecule has 0 amide bonds. The monoisotopic (exact) mass is 237 g/mol. The zero-order valence-electron chi connectivity index (χ0n) is 10.1. The predicted molar refractivity (Wildman–Crippen MR) is 59.3 cm³/mol. The third kappa shape index (κ3) is 4.73. The Balaban J connectivity index is 2.17. The van der Waals surface area contributed by atoms with Gasteiger partial charge in [-0.2, -0.15) is 13.2 Å². The van der Waals surface area contributed by atoms with Gasteiger partial charge in [0, 0.05) is 12.6 Å². The summed E-state index contributed by atoms with van der Waals surface area (Å²) in [4.78, 5) is 0. The summed E-state index contributed by atoms with van der Waals surface area (Å²) in [7, 11) is 0. The van der Waals surface area contributed by atoms with Gasteiger partial charge in [-0.05, 0) is 25.2 Å². The molecule has 0 aromatic rings. The Labute approximate surface area is 95.8 Å². The van der Waals surface area contributed by atoms with Crippen LogP contribution in [0.3, 0.4) is 0 Å². The first-order valence-electron chi connectivity index (χ1n) is 6.19. The highest BCUT2D eigenvalue weighted by molar-refractivity contribution is 4.81. The van der Waals surface area contributed by atoms with Crippen LogP contribution >= 0.6 is 0 Å². The summed E-state index contributed by atoms with van der Waals surface area (Å²) in [5, 5.41) is 3.03. The first-order chi connectivity index (χ1) is 7.39. The van der Waals surface area contributed by atoms with Crippen molar-refractivity contribution in [1.29, 1.82) is 0 Å². The number of alkyl halides is 3. The number of rotatable bonds is 4. The van der Waals surface area contributed by atoms with E-state index in [-0.39, 0.29) is 6.54 Å². The van der Waals surface area contributed by atoms with Crippen molar-refractivity contribution in [3.05, 3.63) is 0 Å². The summed E-state index contributed by atoms with van der Waals surface area (Å²) in [5.41, 5.74) is 0. The van der Waals surface area contributed by atoms with Gasteiger partial charge in [0.1, 0.15) is 0 Å². The Bertz CT molecular complexity index is 193. The molecule has 96 valence electrons. The van der Waals surface area contributed by atoms with Crippen molar-refractivity contribution in [2.45, 2.75) is 58.2 Å². The van der Waals surface area contributed by atoms with Crippen molar-refractivity contribution in [3.63, 3.8) is 0 Å². The molecular formula is C12H22F3N. The van der Waals surface area contributed by atoms with E-state index >= 15 is 0 Å². The minimum absolute atomic E-state index is 0.107. The van der Waals surface area contributed by atoms with Crippen molar-refractivity contribution in [1.82, 2.24) is 5.32 Å². The number of hydrogen-bond donors (Lipinski definition) is 1. The molecule has 0 saturated carbocycles. The molecule has 1 aliphatic heterocycles. The van der Waals surface area contributed by atoms with Crippen molar-refractivity contribution in [2.75, 3.05) is 6.54 Å². The number of hydrogen-bond acceptors (Lipinski definition) is 1. The molecule has 1 rings (SSSR count). The largest absolute Gasteiger partial charge is 0.393 e. The molecule has 2 unspecified atom stereocenters. The van der Waals surface area contributed by atoms with Gasteiger partial charge in [0.2, 0.25) is 0 Å². The van der Waals surface area contributed by atoms with Crippen LogP contribution in [0.5, 0.6) is 0 Å². The van der Waals surface area contributed by atoms with Crippen LogP contribution in [0.4, 0.5) is 13.2 Å². The molecule has 1 N–H and O–H groups in total. The molecule has 1 fully saturated rings. The van der Waals surface area contributed by atoms with E-state index in [2.05, 4.69) is 19.2 Å². The molecular weight excluding hydrogens is 215 g/mol. The number of piperidine rings is 1. The summed E-state index contributed by atoms with van der Waals surface area (Å²) < 4.78 is 37.2. The maximum Gasteiger partial charge on any atom is 0.393 e. The lowest BCUT2D eigenvalue weighted by Gasteiger charge is -2.31. The fourth-order valence-electron chi connectivity index (χ4n) is 2.21. The van der Waals surface area contributed by atoms with Crippen LogP contribution in [0.2, 0.25) is 0 Å². The standard InChI is InChI=1S/C12H22F3N/c1-9(2)4-3-5-11-7-6-10(8-16-11)12(13,14)15/h9-11,16H,3-8H2,1-2H3. The topological polar surface area (TPSA) is 12.0 Å². The Kier molecular flexibility index (Phi) is 5.09. The Morgan fingerprint density at radius 2 is 1.94 bits per heavy atom. The number of halogens is 3. The van der Waals surface area contributed by atoms with Gasteiger partial charge in [0.15, 0.2) is 0 Å². The lowest BCUT2D eigenvalue weighted by atomic mass is 9.91. The minimum atomic E-state index is -4.02. The van der Waals surface area contributed by atoms with Crippen molar-refractivity contribution < 1.29 is 13.2 Å². The van der Waals surface area contributed by atoms with E-state index in [1.807, 2.05) is 0 Å². The second-order valence-corrected chi connectivity index (χ2v) is 5.25. The maximum absolute atomic E-state index is 12.4. The molecule has 1 heterocycles. The second-order valence-electron chi connectivity index (χ2n) is 5.25. The highest BCUT2D eigenvalue weighted by Crippen LogP contribution is 2.32. The van der Waals surface area contributed by atoms with E-state index in [0.717, 1.165) is 12.8 Å². The second kappa shape index (κ2) is 5.89. The molecule has 1 nitrogen and oxygen atoms in total. The molecule has 0 bridgehead atoms. The average molecular weight is 237 g/mol. The highest BCUT2D eigenvalue weighted by Gasteiger charge is 2.41. The molecule has 2 atom stereocenters. The molecule has 0 aromatic carbocycles. The smallest absolute Gasteiger partial charge is 0.313 e. The number of nitrogens with one attached hydrogen (secondary N) is 1. The van der Waals surface area contributed by atoms with Gasteiger partial charge in [-0.1, -0.05) is 26.7 Å². The van der Waals surface area contributed by atoms with Crippen LogP contribution in [0, 0.1) is 11.8 Å². The highest BCUT2D eigenvalue weighted by atomic mass is 19.4. The zero-order chi connectivity index (χ0) is 12.2. The molecule has 0 radical (unpaired) electrons. The van der Waals surface area contributed by atoms with Crippen LogP contribution in [-0.2, 0) is 0 Å². The van der Waals surface area contributed by atoms with Crippen LogP contribution in [0.25, 0.3) is 0 Å². The normalized spacial score (nSPS) is 27.4. The Morgan fingerprint density at radius 1 is 1.25 bits per heavy atom. The van der Waals surface area contributed by atoms with Gasteiger partial charge in [-0.25, -0.2) is 0 Å². The summed E-state index contributed by atoms with van der Waals surface area (Å²) in [6.45, 7) is 4.46. The molecule has 0 aromatic heterocycles. The minimum Gasteiger partial charge on any atom is -0.313 e. The average Bonchev–Trinajstić information content (AvgIpc) is 2.16. The molecule has 0 aliphatic carbocycles. The Morgan fingerprint density at radius 3 is 2.38 bits per heavy atom. The van der Waals surface area contributed by atoms with Gasteiger partial charge in [0.25, 0.3) is 0 Å². The van der Waals surface area contributed by atoms with Crippen LogP contribution in [0.1, 0.15) is 46.0 Å². The quantitative estimate of drug-likeness (QED) is 0.785. The van der Waals surface area contributed by atoms with Crippen LogP contribution < -0.4 is 5.32 Å². The summed E-state index contributed by atoms with van der Waals surface area (Å²) in [6.07, 6.45) is 0.247. The molecule has 1 saturated heterocycles. The summed E-state index contributed by atoms with van der Waals surface area (Å²) in [6, 6.07) is 0.303. The van der Waals surface area contributed by atoms with E-state index in [4.69, 9.17) is 0 Å². The summed E-state index contributed by atoms with van der Waals surface area (Å²) in [5.74, 6) is -0.444. The fourth-order valence-corrected chi connectivity index (χ4v) is 2.21. The maximum atomic E-state index is 12.4. The SMILES string of the molecule is CC(C)CCCC1CCC(C(F)(F)F)CN1. The van der Waals surface area contributed by atoms with E-state index in [1.165, 1.54) is 6.42 Å². The fraction of sp³-hybridized carbons (Fsp3) is 1.00. The summed E-state index contributed by atoms with van der Waals surface area (Å²) >= 11 is 0. The van der Waals surface area contributed by atoms with Crippen molar-refractivity contribution in [3.8, 4) is 0 Å². The molecule has 0 spiro atoms. The van der Waals surface area contributed by atoms with E-state index < -0.39 is 12.1 Å². The predicted octanol–water partition coefficient (Wildman–Crippen LogP) is 3.74. The lowest BCUT2D eigenvalue weighted by molar-refractivity contribution is -0.179. The first-order valence-corrected chi connectivity index (χ1v) is 6.19. The first kappa shape index (κ1) is 13.8. The Hall–Kier alpha value is -0.250. The van der Waals surface area contributed by atoms with E-state index in [0.29, 0.717) is 24.8 Å². The van der Waals surface area contributed by atoms with Crippen molar-refractivity contribution in [2.24, 2.45) is 11.8 Å². The molecule has 16 heavy (non-hydrogen) atoms. The van der Waals surface area contributed by atoms with Gasteiger partial charge < -0.3 is 5.32 Å². The van der Waals surface area contributed by atoms with E-state index in [9.17, 15) is 13.2 Å². The third-order valence-corrected chi connectivity index (χ3v) is 3.31. The van der Waals surface area contributed by atoms with Crippen LogP contribution in [-0.4, -0.2) is 18.8 Å². The molecule has 4 heteroatoms. The lowest BCUT2D eigenvalue weighted by Crippen LogP contribution is -2.44. The van der Waals surface area contributed by atoms with Gasteiger partial charge in [0.05, 0.1) is 5.92 Å². The molecule has 1 aliphatic rings. The van der Waals surface area contributed by atoms with Crippen molar-refractivity contribution >= 4 is 0 Å². The van der Waals surface area contributed by atoms with E-state index in [1.54, 1.807) is 0 Å². The van der Waals surface area contributed by atoms with Gasteiger partial charge in [-0.3, -0.25) is 0 Å². The van der Waals surface area contributed by atoms with Crippen LogP contribution in [0.15, 0.2) is 0 Å². The zero-order valence-corrected chi connectivity index (χ0v) is 10.1.